The third-order valence-electron chi connectivity index (χ3n) is 4.01. The SMILES string of the molecule is CCn1cnc(S(=O)(=O)NCC2CCCCC2C(=O)O)c1. The fraction of sp³-hybridized carbons (Fsp3) is 0.692. The van der Waals surface area contributed by atoms with Gasteiger partial charge in [-0.2, -0.15) is 0 Å². The molecule has 2 rings (SSSR count). The van der Waals surface area contributed by atoms with Crippen molar-refractivity contribution in [2.24, 2.45) is 11.8 Å². The van der Waals surface area contributed by atoms with Crippen LogP contribution in [0.4, 0.5) is 0 Å². The number of aliphatic carboxylic acids is 1. The summed E-state index contributed by atoms with van der Waals surface area (Å²) in [4.78, 5) is 15.1. The Balaban J connectivity index is 2.01. The molecular weight excluding hydrogens is 294 g/mol. The van der Waals surface area contributed by atoms with Crippen molar-refractivity contribution in [3.8, 4) is 0 Å². The fourth-order valence-corrected chi connectivity index (χ4v) is 3.76. The molecule has 0 spiro atoms. The Kier molecular flexibility index (Phi) is 5.00. The maximum absolute atomic E-state index is 12.1. The fourth-order valence-electron chi connectivity index (χ4n) is 2.72. The van der Waals surface area contributed by atoms with Crippen LogP contribution in [0.5, 0.6) is 0 Å². The van der Waals surface area contributed by atoms with Crippen molar-refractivity contribution in [3.63, 3.8) is 0 Å². The summed E-state index contributed by atoms with van der Waals surface area (Å²) in [5.74, 6) is -1.46. The normalized spacial score (nSPS) is 23.1. The van der Waals surface area contributed by atoms with Gasteiger partial charge in [0.05, 0.1) is 12.2 Å². The van der Waals surface area contributed by atoms with Gasteiger partial charge in [0.1, 0.15) is 0 Å². The molecule has 0 bridgehead atoms. The minimum absolute atomic E-state index is 0.0213. The monoisotopic (exact) mass is 315 g/mol. The van der Waals surface area contributed by atoms with Gasteiger partial charge in [0.15, 0.2) is 5.03 Å². The highest BCUT2D eigenvalue weighted by molar-refractivity contribution is 7.89. The smallest absolute Gasteiger partial charge is 0.306 e. The average Bonchev–Trinajstić information content (AvgIpc) is 2.95. The highest BCUT2D eigenvalue weighted by Gasteiger charge is 2.31. The number of aryl methyl sites for hydroxylation is 1. The Morgan fingerprint density at radius 3 is 2.81 bits per heavy atom. The summed E-state index contributed by atoms with van der Waals surface area (Å²) < 4.78 is 28.5. The first-order chi connectivity index (χ1) is 9.94. The van der Waals surface area contributed by atoms with Crippen LogP contribution in [0.3, 0.4) is 0 Å². The van der Waals surface area contributed by atoms with E-state index in [4.69, 9.17) is 0 Å². The van der Waals surface area contributed by atoms with Gasteiger partial charge < -0.3 is 9.67 Å². The summed E-state index contributed by atoms with van der Waals surface area (Å²) in [6, 6.07) is 0. The number of rotatable bonds is 6. The molecule has 1 aliphatic carbocycles. The molecule has 1 aromatic heterocycles. The second-order valence-corrected chi connectivity index (χ2v) is 7.10. The molecule has 118 valence electrons. The molecule has 2 N–H and O–H groups in total. The molecule has 8 heteroatoms. The summed E-state index contributed by atoms with van der Waals surface area (Å²) in [6.45, 7) is 2.69. The lowest BCUT2D eigenvalue weighted by atomic mass is 9.79. The summed E-state index contributed by atoms with van der Waals surface area (Å²) in [5, 5.41) is 9.18. The van der Waals surface area contributed by atoms with E-state index in [9.17, 15) is 18.3 Å². The molecule has 0 radical (unpaired) electrons. The summed E-state index contributed by atoms with van der Waals surface area (Å²) in [6.07, 6.45) is 6.13. The number of carboxylic acids is 1. The number of hydrogen-bond acceptors (Lipinski definition) is 4. The molecule has 1 saturated carbocycles. The number of aromatic nitrogens is 2. The Labute approximate surface area is 124 Å². The van der Waals surface area contributed by atoms with Gasteiger partial charge in [0, 0.05) is 19.3 Å². The summed E-state index contributed by atoms with van der Waals surface area (Å²) in [7, 11) is -3.67. The summed E-state index contributed by atoms with van der Waals surface area (Å²) in [5.41, 5.74) is 0. The van der Waals surface area contributed by atoms with Crippen LogP contribution in [0.25, 0.3) is 0 Å². The molecule has 2 unspecified atom stereocenters. The van der Waals surface area contributed by atoms with E-state index in [1.165, 1.54) is 12.5 Å². The minimum atomic E-state index is -3.67. The molecule has 0 amide bonds. The molecule has 1 heterocycles. The van der Waals surface area contributed by atoms with Crippen LogP contribution < -0.4 is 4.72 Å². The number of sulfonamides is 1. The molecule has 21 heavy (non-hydrogen) atoms. The van der Waals surface area contributed by atoms with E-state index in [2.05, 4.69) is 9.71 Å². The molecule has 1 aliphatic rings. The zero-order valence-electron chi connectivity index (χ0n) is 12.0. The number of nitrogens with one attached hydrogen (secondary N) is 1. The minimum Gasteiger partial charge on any atom is -0.481 e. The van der Waals surface area contributed by atoms with Gasteiger partial charge in [-0.1, -0.05) is 12.8 Å². The average molecular weight is 315 g/mol. The van der Waals surface area contributed by atoms with Gasteiger partial charge >= 0.3 is 5.97 Å². The first-order valence-corrected chi connectivity index (χ1v) is 8.66. The molecule has 1 aromatic rings. The zero-order valence-corrected chi connectivity index (χ0v) is 12.8. The van der Waals surface area contributed by atoms with Crippen molar-refractivity contribution < 1.29 is 18.3 Å². The van der Waals surface area contributed by atoms with Crippen LogP contribution in [-0.2, 0) is 21.4 Å². The second-order valence-electron chi connectivity index (χ2n) is 5.38. The van der Waals surface area contributed by atoms with E-state index < -0.39 is 21.9 Å². The number of nitrogens with zero attached hydrogens (tertiary/aromatic N) is 2. The van der Waals surface area contributed by atoms with Crippen LogP contribution in [0.1, 0.15) is 32.6 Å². The van der Waals surface area contributed by atoms with E-state index in [-0.39, 0.29) is 17.5 Å². The third-order valence-corrected chi connectivity index (χ3v) is 5.32. The van der Waals surface area contributed by atoms with Crippen LogP contribution in [0.15, 0.2) is 17.6 Å². The lowest BCUT2D eigenvalue weighted by Crippen LogP contribution is -2.37. The van der Waals surface area contributed by atoms with Gasteiger partial charge in [0.2, 0.25) is 0 Å². The largest absolute Gasteiger partial charge is 0.481 e. The molecule has 0 saturated heterocycles. The van der Waals surface area contributed by atoms with Crippen molar-refractivity contribution in [1.29, 1.82) is 0 Å². The highest BCUT2D eigenvalue weighted by atomic mass is 32.2. The Morgan fingerprint density at radius 1 is 1.48 bits per heavy atom. The zero-order chi connectivity index (χ0) is 15.5. The van der Waals surface area contributed by atoms with Gasteiger partial charge in [0.25, 0.3) is 10.0 Å². The van der Waals surface area contributed by atoms with Gasteiger partial charge in [-0.15, -0.1) is 0 Å². The molecule has 2 atom stereocenters. The highest BCUT2D eigenvalue weighted by Crippen LogP contribution is 2.30. The van der Waals surface area contributed by atoms with Crippen molar-refractivity contribution in [1.82, 2.24) is 14.3 Å². The van der Waals surface area contributed by atoms with Gasteiger partial charge in [-0.25, -0.2) is 18.1 Å². The predicted molar refractivity (Wildman–Crippen MR) is 76.2 cm³/mol. The Morgan fingerprint density at radius 2 is 2.19 bits per heavy atom. The number of carbonyl (C=O) groups is 1. The second kappa shape index (κ2) is 6.57. The molecule has 0 aromatic carbocycles. The van der Waals surface area contributed by atoms with E-state index >= 15 is 0 Å². The molecule has 0 aliphatic heterocycles. The number of hydrogen-bond donors (Lipinski definition) is 2. The van der Waals surface area contributed by atoms with Crippen molar-refractivity contribution in [2.45, 2.75) is 44.2 Å². The molecular formula is C13H21N3O4S. The quantitative estimate of drug-likeness (QED) is 0.817. The maximum atomic E-state index is 12.1. The first kappa shape index (κ1) is 16.0. The molecule has 1 fully saturated rings. The van der Waals surface area contributed by atoms with Crippen LogP contribution in [-0.4, -0.2) is 35.6 Å². The van der Waals surface area contributed by atoms with Crippen molar-refractivity contribution in [3.05, 3.63) is 12.5 Å². The Bertz CT molecular complexity index is 596. The van der Waals surface area contributed by atoms with Crippen LogP contribution in [0, 0.1) is 11.8 Å². The lowest BCUT2D eigenvalue weighted by molar-refractivity contribution is -0.144. The third kappa shape index (κ3) is 3.82. The van der Waals surface area contributed by atoms with Crippen molar-refractivity contribution >= 4 is 16.0 Å². The van der Waals surface area contributed by atoms with E-state index in [1.807, 2.05) is 6.92 Å². The van der Waals surface area contributed by atoms with E-state index in [0.717, 1.165) is 19.3 Å². The topological polar surface area (TPSA) is 101 Å². The van der Waals surface area contributed by atoms with E-state index in [1.54, 1.807) is 4.57 Å². The standard InChI is InChI=1S/C13H21N3O4S/c1-2-16-8-12(14-9-16)21(19,20)15-7-10-5-3-4-6-11(10)13(17)18/h8-11,15H,2-7H2,1H3,(H,17,18). The van der Waals surface area contributed by atoms with Crippen LogP contribution >= 0.6 is 0 Å². The van der Waals surface area contributed by atoms with E-state index in [0.29, 0.717) is 13.0 Å². The van der Waals surface area contributed by atoms with Crippen molar-refractivity contribution in [2.75, 3.05) is 6.54 Å². The molecule has 7 nitrogen and oxygen atoms in total. The van der Waals surface area contributed by atoms with Crippen LogP contribution in [0.2, 0.25) is 0 Å². The van der Waals surface area contributed by atoms with Gasteiger partial charge in [-0.3, -0.25) is 4.79 Å². The van der Waals surface area contributed by atoms with Gasteiger partial charge in [-0.05, 0) is 25.7 Å². The Hall–Kier alpha value is -1.41. The first-order valence-electron chi connectivity index (χ1n) is 7.18. The number of imidazole rings is 1. The lowest BCUT2D eigenvalue weighted by Gasteiger charge is -2.28. The predicted octanol–water partition coefficient (Wildman–Crippen LogP) is 1.07. The summed E-state index contributed by atoms with van der Waals surface area (Å²) >= 11 is 0. The maximum Gasteiger partial charge on any atom is 0.306 e. The number of carboxylic acid groups (broad SMARTS) is 1.